The molecule has 0 radical (unpaired) electrons. The Balaban J connectivity index is 1.77. The quantitative estimate of drug-likeness (QED) is 0.690. The summed E-state index contributed by atoms with van der Waals surface area (Å²) >= 11 is 7.58. The molecule has 2 aromatic carbocycles. The summed E-state index contributed by atoms with van der Waals surface area (Å²) in [6.07, 6.45) is 3.21. The number of anilines is 2. The summed E-state index contributed by atoms with van der Waals surface area (Å²) in [4.78, 5) is 18.6. The largest absolute Gasteiger partial charge is 0.376 e. The molecular weight excluding hydrogens is 342 g/mol. The van der Waals surface area contributed by atoms with Crippen LogP contribution < -0.4 is 10.2 Å². The normalized spacial score (nSPS) is 11.1. The van der Waals surface area contributed by atoms with Gasteiger partial charge in [0.15, 0.2) is 0 Å². The summed E-state index contributed by atoms with van der Waals surface area (Å²) in [5.41, 5.74) is 2.50. The number of nitrogens with one attached hydrogen (secondary N) is 1. The van der Waals surface area contributed by atoms with Crippen LogP contribution in [0.5, 0.6) is 0 Å². The molecule has 1 amide bonds. The highest BCUT2D eigenvalue weighted by molar-refractivity contribution is 7.19. The van der Waals surface area contributed by atoms with Crippen LogP contribution in [-0.4, -0.2) is 25.0 Å². The lowest BCUT2D eigenvalue weighted by molar-refractivity contribution is -0.111. The number of thiazole rings is 1. The van der Waals surface area contributed by atoms with Crippen LogP contribution in [-0.2, 0) is 4.79 Å². The van der Waals surface area contributed by atoms with Gasteiger partial charge in [0.1, 0.15) is 5.01 Å². The molecule has 0 saturated carbocycles. The van der Waals surface area contributed by atoms with Crippen LogP contribution in [0, 0.1) is 0 Å². The molecule has 4 nitrogen and oxygen atoms in total. The van der Waals surface area contributed by atoms with Gasteiger partial charge in [-0.2, -0.15) is 0 Å². The Morgan fingerprint density at radius 3 is 2.79 bits per heavy atom. The highest BCUT2D eigenvalue weighted by Gasteiger charge is 2.08. The monoisotopic (exact) mass is 357 g/mol. The number of benzene rings is 2. The summed E-state index contributed by atoms with van der Waals surface area (Å²) in [7, 11) is 3.83. The molecule has 0 aliphatic rings. The molecule has 0 fully saturated rings. The zero-order valence-electron chi connectivity index (χ0n) is 13.3. The van der Waals surface area contributed by atoms with Crippen LogP contribution in [0.1, 0.15) is 5.01 Å². The van der Waals surface area contributed by atoms with E-state index in [9.17, 15) is 4.79 Å². The lowest BCUT2D eigenvalue weighted by atomic mass is 10.2. The predicted molar refractivity (Wildman–Crippen MR) is 103 cm³/mol. The molecule has 1 heterocycles. The van der Waals surface area contributed by atoms with E-state index in [2.05, 4.69) is 10.3 Å². The maximum atomic E-state index is 12.2. The Labute approximate surface area is 149 Å². The Morgan fingerprint density at radius 1 is 1.25 bits per heavy atom. The molecule has 0 atom stereocenters. The molecular formula is C18H16ClN3OS. The van der Waals surface area contributed by atoms with E-state index in [0.717, 1.165) is 20.9 Å². The van der Waals surface area contributed by atoms with Crippen molar-refractivity contribution in [2.45, 2.75) is 0 Å². The van der Waals surface area contributed by atoms with E-state index in [1.165, 1.54) is 6.08 Å². The number of para-hydroxylation sites is 1. The van der Waals surface area contributed by atoms with E-state index < -0.39 is 0 Å². The van der Waals surface area contributed by atoms with E-state index in [1.807, 2.05) is 49.3 Å². The van der Waals surface area contributed by atoms with Gasteiger partial charge in [-0.3, -0.25) is 4.79 Å². The molecule has 0 unspecified atom stereocenters. The van der Waals surface area contributed by atoms with Gasteiger partial charge in [-0.25, -0.2) is 4.98 Å². The first-order chi connectivity index (χ1) is 11.5. The Hall–Kier alpha value is -2.37. The van der Waals surface area contributed by atoms with E-state index in [1.54, 1.807) is 29.5 Å². The highest BCUT2D eigenvalue weighted by Crippen LogP contribution is 2.28. The second-order valence-electron chi connectivity index (χ2n) is 5.40. The van der Waals surface area contributed by atoms with Gasteiger partial charge in [0.25, 0.3) is 0 Å². The fraction of sp³-hybridized carbons (Fsp3) is 0.111. The van der Waals surface area contributed by atoms with Gasteiger partial charge < -0.3 is 10.2 Å². The molecule has 0 bridgehead atoms. The van der Waals surface area contributed by atoms with E-state index in [-0.39, 0.29) is 5.91 Å². The lowest BCUT2D eigenvalue weighted by Crippen LogP contribution is -2.15. The molecule has 122 valence electrons. The number of aromatic nitrogens is 1. The third-order valence-corrected chi connectivity index (χ3v) is 4.62. The van der Waals surface area contributed by atoms with Crippen LogP contribution in [0.25, 0.3) is 16.3 Å². The summed E-state index contributed by atoms with van der Waals surface area (Å²) in [6, 6.07) is 13.3. The molecule has 3 aromatic rings. The summed E-state index contributed by atoms with van der Waals surface area (Å²) in [5, 5.41) is 4.23. The van der Waals surface area contributed by atoms with Crippen LogP contribution in [0.4, 0.5) is 11.4 Å². The van der Waals surface area contributed by atoms with Crippen molar-refractivity contribution in [2.75, 3.05) is 24.3 Å². The van der Waals surface area contributed by atoms with Crippen molar-refractivity contribution in [3.8, 4) is 0 Å². The first-order valence-electron chi connectivity index (χ1n) is 7.34. The van der Waals surface area contributed by atoms with Gasteiger partial charge >= 0.3 is 0 Å². The summed E-state index contributed by atoms with van der Waals surface area (Å²) in [5.74, 6) is -0.223. The third-order valence-electron chi connectivity index (χ3n) is 3.39. The highest BCUT2D eigenvalue weighted by atomic mass is 35.5. The number of hydrogen-bond donors (Lipinski definition) is 1. The van der Waals surface area contributed by atoms with E-state index >= 15 is 0 Å². The average molecular weight is 358 g/mol. The number of fused-ring (bicyclic) bond motifs is 1. The first-order valence-corrected chi connectivity index (χ1v) is 8.54. The number of rotatable bonds is 4. The lowest BCUT2D eigenvalue weighted by Gasteiger charge is -2.17. The number of hydrogen-bond acceptors (Lipinski definition) is 4. The molecule has 0 aliphatic carbocycles. The van der Waals surface area contributed by atoms with Crippen molar-refractivity contribution in [3.05, 3.63) is 58.6 Å². The molecule has 1 N–H and O–H groups in total. The number of amides is 1. The number of carbonyl (C=O) groups excluding carboxylic acids is 1. The van der Waals surface area contributed by atoms with Crippen molar-refractivity contribution < 1.29 is 4.79 Å². The van der Waals surface area contributed by atoms with E-state index in [4.69, 9.17) is 11.6 Å². The Kier molecular flexibility index (Phi) is 4.83. The molecule has 6 heteroatoms. The molecule has 24 heavy (non-hydrogen) atoms. The maximum Gasteiger partial charge on any atom is 0.248 e. The Bertz CT molecular complexity index is 885. The zero-order valence-corrected chi connectivity index (χ0v) is 14.9. The van der Waals surface area contributed by atoms with Crippen LogP contribution >= 0.6 is 22.9 Å². The molecule has 0 spiro atoms. The maximum absolute atomic E-state index is 12.2. The minimum absolute atomic E-state index is 0.223. The first kappa shape index (κ1) is 16.5. The molecule has 3 rings (SSSR count). The fourth-order valence-electron chi connectivity index (χ4n) is 2.28. The second kappa shape index (κ2) is 7.03. The predicted octanol–water partition coefficient (Wildman–Crippen LogP) is 4.67. The number of halogens is 1. The molecule has 0 saturated heterocycles. The van der Waals surface area contributed by atoms with Gasteiger partial charge in [0.2, 0.25) is 5.91 Å². The van der Waals surface area contributed by atoms with Gasteiger partial charge in [-0.05, 0) is 36.4 Å². The van der Waals surface area contributed by atoms with Gasteiger partial charge in [-0.1, -0.05) is 23.7 Å². The minimum Gasteiger partial charge on any atom is -0.376 e. The molecule has 1 aromatic heterocycles. The van der Waals surface area contributed by atoms with Crippen molar-refractivity contribution in [1.29, 1.82) is 0 Å². The fourth-order valence-corrected chi connectivity index (χ4v) is 3.32. The van der Waals surface area contributed by atoms with Gasteiger partial charge in [0, 0.05) is 25.2 Å². The summed E-state index contributed by atoms with van der Waals surface area (Å²) in [6.45, 7) is 0. The van der Waals surface area contributed by atoms with Crippen molar-refractivity contribution >= 4 is 56.5 Å². The number of carbonyl (C=O) groups is 1. The van der Waals surface area contributed by atoms with Crippen LogP contribution in [0.2, 0.25) is 5.02 Å². The van der Waals surface area contributed by atoms with E-state index in [0.29, 0.717) is 10.7 Å². The van der Waals surface area contributed by atoms with Crippen LogP contribution in [0.3, 0.4) is 0 Å². The zero-order chi connectivity index (χ0) is 17.1. The Morgan fingerprint density at radius 2 is 2.04 bits per heavy atom. The van der Waals surface area contributed by atoms with Gasteiger partial charge in [0.05, 0.1) is 21.6 Å². The van der Waals surface area contributed by atoms with Crippen molar-refractivity contribution in [1.82, 2.24) is 4.98 Å². The topological polar surface area (TPSA) is 45.2 Å². The SMILES string of the molecule is CN(C)c1ccc(Cl)cc1NC(=O)/C=C/c1nc2ccccc2s1. The standard InChI is InChI=1S/C18H16ClN3OS/c1-22(2)15-8-7-12(19)11-14(15)20-17(23)9-10-18-21-13-5-3-4-6-16(13)24-18/h3-11H,1-2H3,(H,20,23)/b10-9+. The smallest absolute Gasteiger partial charge is 0.248 e. The summed E-state index contributed by atoms with van der Waals surface area (Å²) < 4.78 is 1.10. The average Bonchev–Trinajstić information content (AvgIpc) is 2.95. The molecule has 0 aliphatic heterocycles. The third kappa shape index (κ3) is 3.75. The van der Waals surface area contributed by atoms with Crippen molar-refractivity contribution in [2.24, 2.45) is 0 Å². The minimum atomic E-state index is -0.223. The van der Waals surface area contributed by atoms with Gasteiger partial charge in [-0.15, -0.1) is 11.3 Å². The van der Waals surface area contributed by atoms with Crippen LogP contribution in [0.15, 0.2) is 48.5 Å². The number of nitrogens with zero attached hydrogens (tertiary/aromatic N) is 2. The van der Waals surface area contributed by atoms with Crippen molar-refractivity contribution in [3.63, 3.8) is 0 Å². The second-order valence-corrected chi connectivity index (χ2v) is 6.90.